The molecule has 0 aliphatic rings. The van der Waals surface area contributed by atoms with Gasteiger partial charge in [0, 0.05) is 6.07 Å². The predicted octanol–water partition coefficient (Wildman–Crippen LogP) is 1.44. The number of ether oxygens (including phenoxy) is 4. The third-order valence-corrected chi connectivity index (χ3v) is 2.18. The van der Waals surface area contributed by atoms with Gasteiger partial charge < -0.3 is 18.9 Å². The highest BCUT2D eigenvalue weighted by atomic mass is 19.1. The predicted molar refractivity (Wildman–Crippen MR) is 65.7 cm³/mol. The van der Waals surface area contributed by atoms with Crippen LogP contribution in [0.2, 0.25) is 0 Å². The van der Waals surface area contributed by atoms with Gasteiger partial charge in [0.05, 0.1) is 27.4 Å². The van der Waals surface area contributed by atoms with E-state index in [0.717, 1.165) is 32.4 Å². The second-order valence-corrected chi connectivity index (χ2v) is 3.42. The molecule has 0 aliphatic carbocycles. The van der Waals surface area contributed by atoms with E-state index in [0.29, 0.717) is 0 Å². The fourth-order valence-electron chi connectivity index (χ4n) is 1.24. The van der Waals surface area contributed by atoms with E-state index in [-0.39, 0.29) is 11.5 Å². The van der Waals surface area contributed by atoms with Crippen LogP contribution in [-0.2, 0) is 19.1 Å². The monoisotopic (exact) mass is 284 g/mol. The molecule has 0 bridgehead atoms. The van der Waals surface area contributed by atoms with Gasteiger partial charge in [-0.05, 0) is 12.1 Å². The fourth-order valence-corrected chi connectivity index (χ4v) is 1.24. The summed E-state index contributed by atoms with van der Waals surface area (Å²) in [6.07, 6.45) is 0.814. The van der Waals surface area contributed by atoms with Crippen molar-refractivity contribution in [1.82, 2.24) is 0 Å². The molecular weight excluding hydrogens is 271 g/mol. The number of carbonyl (C=O) groups is 2. The van der Waals surface area contributed by atoms with Crippen LogP contribution in [0.5, 0.6) is 11.5 Å². The first-order valence-corrected chi connectivity index (χ1v) is 5.41. The van der Waals surface area contributed by atoms with Gasteiger partial charge in [-0.25, -0.2) is 14.0 Å². The lowest BCUT2D eigenvalue weighted by atomic mass is 10.3. The van der Waals surface area contributed by atoms with Crippen molar-refractivity contribution in [2.45, 2.75) is 0 Å². The van der Waals surface area contributed by atoms with Crippen LogP contribution in [0, 0.1) is 5.82 Å². The molecule has 6 nitrogen and oxygen atoms in total. The number of halogens is 1. The van der Waals surface area contributed by atoms with Crippen molar-refractivity contribution in [3.8, 4) is 11.5 Å². The van der Waals surface area contributed by atoms with E-state index in [1.165, 1.54) is 13.2 Å². The number of hydrogen-bond donors (Lipinski definition) is 0. The van der Waals surface area contributed by atoms with E-state index in [1.807, 2.05) is 0 Å². The molecule has 0 radical (unpaired) electrons. The highest BCUT2D eigenvalue weighted by Crippen LogP contribution is 2.29. The maximum Gasteiger partial charge on any atom is 0.374 e. The molecule has 0 aromatic heterocycles. The molecule has 0 spiro atoms. The van der Waals surface area contributed by atoms with Crippen molar-refractivity contribution in [3.05, 3.63) is 35.9 Å². The lowest BCUT2D eigenvalue weighted by molar-refractivity contribution is -0.140. The minimum absolute atomic E-state index is 0.0504. The number of rotatable bonds is 5. The van der Waals surface area contributed by atoms with Crippen LogP contribution in [0.4, 0.5) is 4.39 Å². The zero-order chi connectivity index (χ0) is 15.1. The second-order valence-electron chi connectivity index (χ2n) is 3.42. The average Bonchev–Trinajstić information content (AvgIpc) is 2.46. The summed E-state index contributed by atoms with van der Waals surface area (Å²) >= 11 is 0. The Morgan fingerprint density at radius 2 is 1.80 bits per heavy atom. The topological polar surface area (TPSA) is 71.1 Å². The minimum atomic E-state index is -0.887. The average molecular weight is 284 g/mol. The van der Waals surface area contributed by atoms with Gasteiger partial charge >= 0.3 is 11.9 Å². The van der Waals surface area contributed by atoms with Gasteiger partial charge in [-0.15, -0.1) is 0 Å². The van der Waals surface area contributed by atoms with E-state index in [1.54, 1.807) is 0 Å². The van der Waals surface area contributed by atoms with Crippen molar-refractivity contribution in [2.24, 2.45) is 0 Å². The molecular formula is C13H13FO6. The molecule has 0 aliphatic heterocycles. The molecule has 0 fully saturated rings. The first-order chi connectivity index (χ1) is 9.51. The SMILES string of the molecule is COC(=O)/C=C(\Oc1ccc(F)cc1OC)C(=O)OC. The molecule has 0 N–H and O–H groups in total. The van der Waals surface area contributed by atoms with Crippen LogP contribution in [-0.4, -0.2) is 33.3 Å². The van der Waals surface area contributed by atoms with Crippen LogP contribution >= 0.6 is 0 Å². The van der Waals surface area contributed by atoms with Gasteiger partial charge in [0.2, 0.25) is 5.76 Å². The Bertz CT molecular complexity index is 538. The van der Waals surface area contributed by atoms with Gasteiger partial charge in [0.15, 0.2) is 11.5 Å². The number of carbonyl (C=O) groups excluding carboxylic acids is 2. The lowest BCUT2D eigenvalue weighted by Gasteiger charge is -2.11. The van der Waals surface area contributed by atoms with E-state index >= 15 is 0 Å². The van der Waals surface area contributed by atoms with E-state index in [4.69, 9.17) is 9.47 Å². The van der Waals surface area contributed by atoms with Gasteiger partial charge in [0.1, 0.15) is 5.82 Å². The largest absolute Gasteiger partial charge is 0.493 e. The summed E-state index contributed by atoms with van der Waals surface area (Å²) in [7, 11) is 3.58. The molecule has 1 aromatic carbocycles. The van der Waals surface area contributed by atoms with Crippen molar-refractivity contribution < 1.29 is 32.9 Å². The number of methoxy groups -OCH3 is 3. The first-order valence-electron chi connectivity index (χ1n) is 5.41. The number of hydrogen-bond acceptors (Lipinski definition) is 6. The third kappa shape index (κ3) is 3.98. The second kappa shape index (κ2) is 7.13. The summed E-state index contributed by atoms with van der Waals surface area (Å²) in [6.45, 7) is 0. The fraction of sp³-hybridized carbons (Fsp3) is 0.231. The molecule has 0 amide bonds. The quantitative estimate of drug-likeness (QED) is 0.463. The minimum Gasteiger partial charge on any atom is -0.493 e. The maximum absolute atomic E-state index is 13.0. The molecule has 7 heteroatoms. The molecule has 1 aromatic rings. The van der Waals surface area contributed by atoms with Crippen molar-refractivity contribution in [1.29, 1.82) is 0 Å². The van der Waals surface area contributed by atoms with Crippen molar-refractivity contribution >= 4 is 11.9 Å². The zero-order valence-electron chi connectivity index (χ0n) is 11.1. The summed E-state index contributed by atoms with van der Waals surface area (Å²) in [5, 5.41) is 0. The van der Waals surface area contributed by atoms with Gasteiger partial charge in [-0.3, -0.25) is 0 Å². The van der Waals surface area contributed by atoms with Gasteiger partial charge in [-0.2, -0.15) is 0 Å². The first kappa shape index (κ1) is 15.5. The lowest BCUT2D eigenvalue weighted by Crippen LogP contribution is -2.13. The Morgan fingerprint density at radius 3 is 2.35 bits per heavy atom. The summed E-state index contributed by atoms with van der Waals surface area (Å²) in [5.41, 5.74) is 0. The maximum atomic E-state index is 13.0. The zero-order valence-corrected chi connectivity index (χ0v) is 11.1. The normalized spacial score (nSPS) is 10.7. The van der Waals surface area contributed by atoms with Crippen LogP contribution in [0.3, 0.4) is 0 Å². The third-order valence-electron chi connectivity index (χ3n) is 2.18. The Balaban J connectivity index is 3.10. The Hall–Kier alpha value is -2.57. The molecule has 0 saturated carbocycles. The highest BCUT2D eigenvalue weighted by molar-refractivity contribution is 5.95. The van der Waals surface area contributed by atoms with E-state index < -0.39 is 23.5 Å². The molecule has 20 heavy (non-hydrogen) atoms. The van der Waals surface area contributed by atoms with Gasteiger partial charge in [-0.1, -0.05) is 0 Å². The summed E-state index contributed by atoms with van der Waals surface area (Å²) in [6, 6.07) is 3.44. The molecule has 0 heterocycles. The standard InChI is InChI=1S/C13H13FO6/c1-17-10-6-8(14)4-5-9(10)20-11(13(16)19-3)7-12(15)18-2/h4-7H,1-3H3/b11-7-. The highest BCUT2D eigenvalue weighted by Gasteiger charge is 2.17. The van der Waals surface area contributed by atoms with Crippen molar-refractivity contribution in [2.75, 3.05) is 21.3 Å². The Morgan fingerprint density at radius 1 is 1.10 bits per heavy atom. The van der Waals surface area contributed by atoms with Crippen LogP contribution in [0.25, 0.3) is 0 Å². The van der Waals surface area contributed by atoms with Crippen LogP contribution in [0.1, 0.15) is 0 Å². The molecule has 108 valence electrons. The number of esters is 2. The van der Waals surface area contributed by atoms with E-state index in [2.05, 4.69) is 9.47 Å². The Labute approximate surface area is 114 Å². The summed E-state index contributed by atoms with van der Waals surface area (Å²) in [5.74, 6) is -2.53. The van der Waals surface area contributed by atoms with E-state index in [9.17, 15) is 14.0 Å². The molecule has 0 atom stereocenters. The summed E-state index contributed by atoms with van der Waals surface area (Å²) < 4.78 is 32.0. The Kier molecular flexibility index (Phi) is 5.52. The van der Waals surface area contributed by atoms with Crippen LogP contribution < -0.4 is 9.47 Å². The molecule has 0 unspecified atom stereocenters. The summed E-state index contributed by atoms with van der Waals surface area (Å²) in [4.78, 5) is 22.7. The van der Waals surface area contributed by atoms with Crippen LogP contribution in [0.15, 0.2) is 30.0 Å². The van der Waals surface area contributed by atoms with Gasteiger partial charge in [0.25, 0.3) is 0 Å². The molecule has 1 rings (SSSR count). The number of benzene rings is 1. The van der Waals surface area contributed by atoms with Crippen molar-refractivity contribution in [3.63, 3.8) is 0 Å². The smallest absolute Gasteiger partial charge is 0.374 e. The molecule has 0 saturated heterocycles.